The highest BCUT2D eigenvalue weighted by Gasteiger charge is 2.45. The average molecular weight is 424 g/mol. The summed E-state index contributed by atoms with van der Waals surface area (Å²) >= 11 is 0. The van der Waals surface area contributed by atoms with Crippen LogP contribution in [0.3, 0.4) is 0 Å². The standard InChI is InChI=1S/C20H29N3O5S/c1-14-9-15(2)11-16(10-14)19(24)21-17-12-18-20(25)23(5-4-7-28-3)29(26,27)8-6-22(18)13-17/h9-11,17-18H,4-8,12-13H2,1-3H3,(H,21,24)/t17-,18-/m0/s1. The van der Waals surface area contributed by atoms with Gasteiger partial charge in [-0.2, -0.15) is 0 Å². The van der Waals surface area contributed by atoms with E-state index < -0.39 is 22.0 Å². The maximum Gasteiger partial charge on any atom is 0.253 e. The monoisotopic (exact) mass is 423 g/mol. The normalized spacial score (nSPS) is 24.2. The van der Waals surface area contributed by atoms with Crippen LogP contribution >= 0.6 is 0 Å². The van der Waals surface area contributed by atoms with Gasteiger partial charge < -0.3 is 10.1 Å². The number of methoxy groups -OCH3 is 1. The number of nitrogens with one attached hydrogen (secondary N) is 1. The lowest BCUT2D eigenvalue weighted by Gasteiger charge is -2.23. The van der Waals surface area contributed by atoms with Crippen LogP contribution < -0.4 is 5.32 Å². The van der Waals surface area contributed by atoms with E-state index in [0.29, 0.717) is 31.6 Å². The van der Waals surface area contributed by atoms with E-state index in [2.05, 4.69) is 5.32 Å². The van der Waals surface area contributed by atoms with E-state index in [1.807, 2.05) is 36.9 Å². The second-order valence-corrected chi connectivity index (χ2v) is 9.88. The Balaban J connectivity index is 1.69. The summed E-state index contributed by atoms with van der Waals surface area (Å²) in [5, 5.41) is 3.01. The first-order chi connectivity index (χ1) is 13.7. The molecular weight excluding hydrogens is 394 g/mol. The van der Waals surface area contributed by atoms with E-state index >= 15 is 0 Å². The molecule has 2 saturated heterocycles. The molecule has 3 rings (SSSR count). The van der Waals surface area contributed by atoms with Crippen molar-refractivity contribution < 1.29 is 22.7 Å². The molecule has 2 aliphatic heterocycles. The quantitative estimate of drug-likeness (QED) is 0.676. The minimum Gasteiger partial charge on any atom is -0.385 e. The van der Waals surface area contributed by atoms with Crippen molar-refractivity contribution in [2.45, 2.75) is 38.8 Å². The van der Waals surface area contributed by atoms with E-state index in [-0.39, 0.29) is 30.8 Å². The molecule has 1 aromatic carbocycles. The minimum absolute atomic E-state index is 0.0973. The Bertz CT molecular complexity index is 866. The summed E-state index contributed by atoms with van der Waals surface area (Å²) in [5.74, 6) is -0.668. The number of sulfonamides is 1. The predicted molar refractivity (Wildman–Crippen MR) is 109 cm³/mol. The van der Waals surface area contributed by atoms with Crippen LogP contribution in [0.5, 0.6) is 0 Å². The first kappa shape index (κ1) is 21.7. The molecule has 2 atom stereocenters. The number of amides is 2. The van der Waals surface area contributed by atoms with Gasteiger partial charge in [-0.1, -0.05) is 17.2 Å². The van der Waals surface area contributed by atoms with Gasteiger partial charge >= 0.3 is 0 Å². The lowest BCUT2D eigenvalue weighted by Crippen LogP contribution is -2.44. The fourth-order valence-corrected chi connectivity index (χ4v) is 5.62. The van der Waals surface area contributed by atoms with Crippen molar-refractivity contribution in [3.8, 4) is 0 Å². The van der Waals surface area contributed by atoms with Gasteiger partial charge in [-0.15, -0.1) is 0 Å². The number of carbonyl (C=O) groups is 2. The number of benzene rings is 1. The lowest BCUT2D eigenvalue weighted by molar-refractivity contribution is -0.130. The summed E-state index contributed by atoms with van der Waals surface area (Å²) in [5.41, 5.74) is 2.63. The molecule has 0 saturated carbocycles. The molecular formula is C20H29N3O5S. The Labute approximate surface area is 172 Å². The maximum atomic E-state index is 13.0. The highest BCUT2D eigenvalue weighted by Crippen LogP contribution is 2.25. The maximum absolute atomic E-state index is 13.0. The summed E-state index contributed by atoms with van der Waals surface area (Å²) < 4.78 is 31.0. The summed E-state index contributed by atoms with van der Waals surface area (Å²) in [6.07, 6.45) is 0.868. The molecule has 8 nitrogen and oxygen atoms in total. The Morgan fingerprint density at radius 1 is 1.24 bits per heavy atom. The first-order valence-corrected chi connectivity index (χ1v) is 11.5. The van der Waals surface area contributed by atoms with Crippen LogP contribution in [0.25, 0.3) is 0 Å². The van der Waals surface area contributed by atoms with E-state index in [1.165, 1.54) is 0 Å². The number of rotatable bonds is 6. The van der Waals surface area contributed by atoms with E-state index in [0.717, 1.165) is 15.4 Å². The third-order valence-electron chi connectivity index (χ3n) is 5.44. The SMILES string of the molecule is COCCCN1C(=O)[C@@H]2C[C@H](NC(=O)c3cc(C)cc(C)c3)CN2CCS1(=O)=O. The largest absolute Gasteiger partial charge is 0.385 e. The molecule has 0 aromatic heterocycles. The number of carbonyl (C=O) groups excluding carboxylic acids is 2. The van der Waals surface area contributed by atoms with Crippen LogP contribution in [0.1, 0.15) is 34.3 Å². The second kappa shape index (κ2) is 8.81. The molecule has 2 heterocycles. The number of hydrogen-bond acceptors (Lipinski definition) is 6. The van der Waals surface area contributed by atoms with Crippen molar-refractivity contribution in [3.63, 3.8) is 0 Å². The van der Waals surface area contributed by atoms with Crippen LogP contribution in [0, 0.1) is 13.8 Å². The average Bonchev–Trinajstić information content (AvgIpc) is 3.01. The molecule has 0 radical (unpaired) electrons. The van der Waals surface area contributed by atoms with Gasteiger partial charge in [0.25, 0.3) is 11.8 Å². The van der Waals surface area contributed by atoms with E-state index in [9.17, 15) is 18.0 Å². The molecule has 2 aliphatic rings. The lowest BCUT2D eigenvalue weighted by atomic mass is 10.1. The summed E-state index contributed by atoms with van der Waals surface area (Å²) in [6, 6.07) is 4.96. The van der Waals surface area contributed by atoms with Crippen molar-refractivity contribution in [3.05, 3.63) is 34.9 Å². The number of nitrogens with zero attached hydrogens (tertiary/aromatic N) is 2. The number of aryl methyl sites for hydroxylation is 2. The minimum atomic E-state index is -3.63. The number of ether oxygens (including phenoxy) is 1. The summed E-state index contributed by atoms with van der Waals surface area (Å²) in [4.78, 5) is 27.5. The fourth-order valence-electron chi connectivity index (χ4n) is 4.13. The fraction of sp³-hybridized carbons (Fsp3) is 0.600. The van der Waals surface area contributed by atoms with Crippen molar-refractivity contribution in [2.24, 2.45) is 0 Å². The highest BCUT2D eigenvalue weighted by molar-refractivity contribution is 7.89. The van der Waals surface area contributed by atoms with Crippen LogP contribution in [0.4, 0.5) is 0 Å². The zero-order valence-electron chi connectivity index (χ0n) is 17.2. The molecule has 160 valence electrons. The third-order valence-corrected chi connectivity index (χ3v) is 7.17. The van der Waals surface area contributed by atoms with Gasteiger partial charge in [0.05, 0.1) is 11.8 Å². The Morgan fingerprint density at radius 2 is 1.93 bits per heavy atom. The third kappa shape index (κ3) is 4.96. The second-order valence-electron chi connectivity index (χ2n) is 7.87. The Kier molecular flexibility index (Phi) is 6.60. The van der Waals surface area contributed by atoms with Gasteiger partial charge in [-0.05, 0) is 38.8 Å². The predicted octanol–water partition coefficient (Wildman–Crippen LogP) is 0.685. The van der Waals surface area contributed by atoms with Crippen molar-refractivity contribution >= 4 is 21.8 Å². The zero-order valence-corrected chi connectivity index (χ0v) is 18.0. The van der Waals surface area contributed by atoms with E-state index in [4.69, 9.17) is 4.74 Å². The zero-order chi connectivity index (χ0) is 21.2. The van der Waals surface area contributed by atoms with Crippen molar-refractivity contribution in [1.29, 1.82) is 0 Å². The molecule has 0 aliphatic carbocycles. The number of hydrogen-bond donors (Lipinski definition) is 1. The molecule has 0 spiro atoms. The van der Waals surface area contributed by atoms with Gasteiger partial charge in [0.2, 0.25) is 10.0 Å². The van der Waals surface area contributed by atoms with Gasteiger partial charge in [0, 0.05) is 45.0 Å². The van der Waals surface area contributed by atoms with Crippen LogP contribution in [0.15, 0.2) is 18.2 Å². The van der Waals surface area contributed by atoms with Crippen LogP contribution in [0.2, 0.25) is 0 Å². The first-order valence-electron chi connectivity index (χ1n) is 9.87. The van der Waals surface area contributed by atoms with E-state index in [1.54, 1.807) is 7.11 Å². The van der Waals surface area contributed by atoms with Gasteiger partial charge in [-0.25, -0.2) is 12.7 Å². The Morgan fingerprint density at radius 3 is 2.59 bits per heavy atom. The topological polar surface area (TPSA) is 96.0 Å². The summed E-state index contributed by atoms with van der Waals surface area (Å²) in [7, 11) is -2.08. The van der Waals surface area contributed by atoms with Crippen molar-refractivity contribution in [1.82, 2.24) is 14.5 Å². The molecule has 2 amide bonds. The van der Waals surface area contributed by atoms with Gasteiger partial charge in [-0.3, -0.25) is 14.5 Å². The molecule has 1 aromatic rings. The van der Waals surface area contributed by atoms with Gasteiger partial charge in [0.15, 0.2) is 0 Å². The molecule has 1 N–H and O–H groups in total. The molecule has 29 heavy (non-hydrogen) atoms. The smallest absolute Gasteiger partial charge is 0.253 e. The molecule has 0 unspecified atom stereocenters. The highest BCUT2D eigenvalue weighted by atomic mass is 32.2. The molecule has 0 bridgehead atoms. The Hall–Kier alpha value is -1.97. The molecule has 9 heteroatoms. The molecule has 2 fully saturated rings. The van der Waals surface area contributed by atoms with Crippen LogP contribution in [-0.4, -0.2) is 80.6 Å². The van der Waals surface area contributed by atoms with Gasteiger partial charge in [0.1, 0.15) is 0 Å². The van der Waals surface area contributed by atoms with Crippen molar-refractivity contribution in [2.75, 3.05) is 39.1 Å². The van der Waals surface area contributed by atoms with Crippen LogP contribution in [-0.2, 0) is 19.6 Å². The summed E-state index contributed by atoms with van der Waals surface area (Å²) in [6.45, 7) is 5.16. The number of fused-ring (bicyclic) bond motifs is 1.